The first-order valence-electron chi connectivity index (χ1n) is 10.00. The van der Waals surface area contributed by atoms with Crippen LogP contribution in [-0.2, 0) is 21.2 Å². The molecule has 163 valence electrons. The van der Waals surface area contributed by atoms with Crippen molar-refractivity contribution in [3.05, 3.63) is 6.92 Å². The molecule has 1 atom stereocenters. The largest absolute Gasteiger partial charge is 0.437 e. The first-order chi connectivity index (χ1) is 11.7. The van der Waals surface area contributed by atoms with E-state index in [2.05, 4.69) is 78.9 Å². The molecular weight excluding hydrogens is 425 g/mol. The van der Waals surface area contributed by atoms with E-state index in [-0.39, 0.29) is 6.10 Å². The third kappa shape index (κ3) is 15.4. The molecule has 0 aliphatic rings. The van der Waals surface area contributed by atoms with Gasteiger partial charge >= 0.3 is 25.7 Å². The number of hydrogen-bond acceptors (Lipinski definition) is 5. The summed E-state index contributed by atoms with van der Waals surface area (Å²) in [5, 5.41) is 0. The fourth-order valence-corrected chi connectivity index (χ4v) is 27.2. The molecule has 0 rings (SSSR count). The fourth-order valence-electron chi connectivity index (χ4n) is 3.48. The van der Waals surface area contributed by atoms with Crippen LogP contribution in [0.5, 0.6) is 0 Å². The molecule has 10 heteroatoms. The smallest absolute Gasteiger partial charge is 0.314 e. The summed E-state index contributed by atoms with van der Waals surface area (Å²) in [6, 6.07) is 1.06. The molecule has 0 bridgehead atoms. The molecule has 0 fully saturated rings. The molecule has 0 amide bonds. The SMILES string of the molecule is [CH2]C(C)OCCC[Si](C)(C)O[Si](C)(C)O[Si](C)(C)O[Si](C)(C)O[Si](C)(C)C. The lowest BCUT2D eigenvalue weighted by Crippen LogP contribution is -2.58. The van der Waals surface area contributed by atoms with Gasteiger partial charge in [0.05, 0.1) is 6.10 Å². The minimum absolute atomic E-state index is 0.0414. The van der Waals surface area contributed by atoms with Crippen molar-refractivity contribution in [1.82, 2.24) is 0 Å². The Labute approximate surface area is 174 Å². The van der Waals surface area contributed by atoms with E-state index in [0.717, 1.165) is 19.1 Å². The van der Waals surface area contributed by atoms with Gasteiger partial charge in [-0.2, -0.15) is 0 Å². The Balaban J connectivity index is 4.76. The summed E-state index contributed by atoms with van der Waals surface area (Å²) in [5.74, 6) is 0. The Hall–Kier alpha value is 0.884. The van der Waals surface area contributed by atoms with E-state index >= 15 is 0 Å². The van der Waals surface area contributed by atoms with Crippen molar-refractivity contribution in [2.45, 2.75) is 97.5 Å². The third-order valence-corrected chi connectivity index (χ3v) is 21.4. The summed E-state index contributed by atoms with van der Waals surface area (Å²) >= 11 is 0. The lowest BCUT2D eigenvalue weighted by Gasteiger charge is -2.42. The summed E-state index contributed by atoms with van der Waals surface area (Å²) in [5.41, 5.74) is 0. The Bertz CT molecular complexity index is 447. The van der Waals surface area contributed by atoms with Crippen molar-refractivity contribution in [1.29, 1.82) is 0 Å². The average Bonchev–Trinajstić information content (AvgIpc) is 2.25. The van der Waals surface area contributed by atoms with Crippen molar-refractivity contribution in [3.8, 4) is 0 Å². The van der Waals surface area contributed by atoms with E-state index in [1.807, 2.05) is 6.92 Å². The summed E-state index contributed by atoms with van der Waals surface area (Å²) in [7, 11) is -10.3. The molecule has 0 aliphatic heterocycles. The second-order valence-electron chi connectivity index (χ2n) is 10.3. The van der Waals surface area contributed by atoms with Gasteiger partial charge in [0.15, 0.2) is 16.6 Å². The van der Waals surface area contributed by atoms with Crippen LogP contribution in [0.3, 0.4) is 0 Å². The summed E-state index contributed by atoms with van der Waals surface area (Å²) < 4.78 is 31.5. The Morgan fingerprint density at radius 3 is 1.48 bits per heavy atom. The molecule has 0 aromatic heterocycles. The van der Waals surface area contributed by atoms with Gasteiger partial charge in [-0.15, -0.1) is 0 Å². The summed E-state index contributed by atoms with van der Waals surface area (Å²) in [4.78, 5) is 0. The van der Waals surface area contributed by atoms with E-state index in [4.69, 9.17) is 21.2 Å². The first kappa shape index (κ1) is 27.9. The predicted molar refractivity (Wildman–Crippen MR) is 128 cm³/mol. The van der Waals surface area contributed by atoms with E-state index in [1.54, 1.807) is 0 Å². The molecule has 0 aliphatic carbocycles. The molecule has 1 radical (unpaired) electrons. The van der Waals surface area contributed by atoms with Gasteiger partial charge in [-0.3, -0.25) is 0 Å². The van der Waals surface area contributed by atoms with Gasteiger partial charge in [0.1, 0.15) is 0 Å². The summed E-state index contributed by atoms with van der Waals surface area (Å²) in [6.07, 6.45) is 1.05. The molecule has 0 aromatic rings. The maximum Gasteiger partial charge on any atom is 0.314 e. The molecule has 0 saturated carbocycles. The molecule has 0 N–H and O–H groups in total. The standard InChI is InChI=1S/C17H45O5Si5/c1-17(2)18-15-14-16-24(6,7)20-26(10,11)22-27(12,13)21-25(8,9)19-23(3,4)5/h17H,1,14-16H2,2-13H3. The Morgan fingerprint density at radius 2 is 1.07 bits per heavy atom. The second-order valence-corrected chi connectivity index (χ2v) is 30.2. The molecular formula is C17H45O5Si5. The highest BCUT2D eigenvalue weighted by Crippen LogP contribution is 2.27. The highest BCUT2D eigenvalue weighted by molar-refractivity contribution is 6.90. The van der Waals surface area contributed by atoms with E-state index in [1.165, 1.54) is 0 Å². The zero-order valence-electron chi connectivity index (χ0n) is 19.9. The predicted octanol–water partition coefficient (Wildman–Crippen LogP) is 5.83. The second kappa shape index (κ2) is 10.3. The van der Waals surface area contributed by atoms with Crippen molar-refractivity contribution in [2.75, 3.05) is 6.61 Å². The molecule has 1 unspecified atom stereocenters. The van der Waals surface area contributed by atoms with Gasteiger partial charge in [-0.25, -0.2) is 0 Å². The van der Waals surface area contributed by atoms with Crippen molar-refractivity contribution >= 4 is 42.3 Å². The topological polar surface area (TPSA) is 46.2 Å². The van der Waals surface area contributed by atoms with Crippen LogP contribution in [-0.4, -0.2) is 55.0 Å². The monoisotopic (exact) mass is 469 g/mol. The van der Waals surface area contributed by atoms with Crippen LogP contribution >= 0.6 is 0 Å². The van der Waals surface area contributed by atoms with E-state index in [0.29, 0.717) is 0 Å². The van der Waals surface area contributed by atoms with E-state index in [9.17, 15) is 0 Å². The third-order valence-electron chi connectivity index (χ3n) is 3.38. The van der Waals surface area contributed by atoms with Crippen molar-refractivity contribution < 1.29 is 21.2 Å². The van der Waals surface area contributed by atoms with Crippen LogP contribution in [0.2, 0.25) is 78.1 Å². The number of rotatable bonds is 13. The van der Waals surface area contributed by atoms with Gasteiger partial charge in [0, 0.05) is 6.61 Å². The quantitative estimate of drug-likeness (QED) is 0.251. The maximum absolute atomic E-state index is 6.61. The zero-order chi connectivity index (χ0) is 21.7. The number of hydrogen-bond donors (Lipinski definition) is 0. The van der Waals surface area contributed by atoms with Crippen molar-refractivity contribution in [3.63, 3.8) is 0 Å². The minimum Gasteiger partial charge on any atom is -0.437 e. The molecule has 27 heavy (non-hydrogen) atoms. The first-order valence-corrected chi connectivity index (χ1v) is 25.0. The molecule has 0 heterocycles. The van der Waals surface area contributed by atoms with Crippen LogP contribution in [0.4, 0.5) is 0 Å². The van der Waals surface area contributed by atoms with Gasteiger partial charge < -0.3 is 21.2 Å². The fraction of sp³-hybridized carbons (Fsp3) is 0.941. The van der Waals surface area contributed by atoms with Gasteiger partial charge in [0.2, 0.25) is 0 Å². The molecule has 5 nitrogen and oxygen atoms in total. The molecule has 0 aromatic carbocycles. The van der Waals surface area contributed by atoms with Gasteiger partial charge in [0.25, 0.3) is 0 Å². The lowest BCUT2D eigenvalue weighted by molar-refractivity contribution is 0.0956. The highest BCUT2D eigenvalue weighted by atomic mass is 28.5. The summed E-state index contributed by atoms with van der Waals surface area (Å²) in [6.45, 7) is 30.5. The lowest BCUT2D eigenvalue weighted by atomic mass is 10.4. The Morgan fingerprint density at radius 1 is 0.667 bits per heavy atom. The minimum atomic E-state index is -2.34. The van der Waals surface area contributed by atoms with Crippen molar-refractivity contribution in [2.24, 2.45) is 0 Å². The van der Waals surface area contributed by atoms with Gasteiger partial charge in [-0.1, -0.05) is 0 Å². The van der Waals surface area contributed by atoms with Crippen LogP contribution in [0.15, 0.2) is 0 Å². The highest BCUT2D eigenvalue weighted by Gasteiger charge is 2.44. The van der Waals surface area contributed by atoms with Crippen LogP contribution < -0.4 is 0 Å². The van der Waals surface area contributed by atoms with Crippen LogP contribution in [0.25, 0.3) is 0 Å². The van der Waals surface area contributed by atoms with Gasteiger partial charge in [-0.05, 0) is 98.3 Å². The molecule has 0 spiro atoms. The van der Waals surface area contributed by atoms with E-state index < -0.39 is 42.3 Å². The molecule has 0 saturated heterocycles. The number of ether oxygens (including phenoxy) is 1. The zero-order valence-corrected chi connectivity index (χ0v) is 24.9. The maximum atomic E-state index is 6.61. The average molecular weight is 470 g/mol. The van der Waals surface area contributed by atoms with Crippen LogP contribution in [0.1, 0.15) is 13.3 Å². The Kier molecular flexibility index (Phi) is 10.6. The van der Waals surface area contributed by atoms with Crippen LogP contribution in [0, 0.1) is 6.92 Å². The normalized spacial score (nSPS) is 14.9.